The molecule has 5 rings (SSSR count). The van der Waals surface area contributed by atoms with Gasteiger partial charge in [0.05, 0.1) is 17.8 Å². The Morgan fingerprint density at radius 3 is 2.69 bits per heavy atom. The maximum Gasteiger partial charge on any atom is 0.335 e. The molecule has 4 aromatic carbocycles. The minimum atomic E-state index is -0.904. The quantitative estimate of drug-likeness (QED) is 0.331. The molecule has 0 amide bonds. The topological polar surface area (TPSA) is 61.8 Å². The third-order valence-corrected chi connectivity index (χ3v) is 6.68. The van der Waals surface area contributed by atoms with Crippen molar-refractivity contribution in [1.29, 1.82) is 0 Å². The number of fused-ring (bicyclic) bond motifs is 2. The van der Waals surface area contributed by atoms with Crippen molar-refractivity contribution in [2.45, 2.75) is 32.0 Å². The Labute approximate surface area is 206 Å². The number of carbonyl (C=O) groups is 1. The molecular weight excluding hydrogens is 436 g/mol. The summed E-state index contributed by atoms with van der Waals surface area (Å²) in [7, 11) is 0. The Morgan fingerprint density at radius 2 is 1.80 bits per heavy atom. The minimum Gasteiger partial charge on any atom is -0.486 e. The first-order chi connectivity index (χ1) is 17.1. The van der Waals surface area contributed by atoms with E-state index in [1.165, 1.54) is 16.3 Å². The summed E-state index contributed by atoms with van der Waals surface area (Å²) in [6.45, 7) is 4.43. The molecule has 0 saturated carbocycles. The highest BCUT2D eigenvalue weighted by Gasteiger charge is 2.25. The number of anilines is 1. The summed E-state index contributed by atoms with van der Waals surface area (Å²) in [5.74, 6) is -0.0289. The van der Waals surface area contributed by atoms with Gasteiger partial charge in [-0.05, 0) is 66.1 Å². The Hall–Kier alpha value is -3.83. The van der Waals surface area contributed by atoms with Crippen LogP contribution in [0, 0.1) is 0 Å². The van der Waals surface area contributed by atoms with E-state index >= 15 is 0 Å². The van der Waals surface area contributed by atoms with Gasteiger partial charge in [0.15, 0.2) is 0 Å². The van der Waals surface area contributed by atoms with Crippen LogP contribution in [0.25, 0.3) is 10.8 Å². The monoisotopic (exact) mass is 466 g/mol. The van der Waals surface area contributed by atoms with E-state index in [1.807, 2.05) is 24.3 Å². The van der Waals surface area contributed by atoms with Crippen LogP contribution in [0.15, 0.2) is 91.0 Å². The van der Waals surface area contributed by atoms with E-state index < -0.39 is 5.97 Å². The molecule has 0 spiro atoms. The lowest BCUT2D eigenvalue weighted by Gasteiger charge is -2.36. The number of nitrogens with zero attached hydrogens (tertiary/aromatic N) is 1. The Bertz CT molecular complexity index is 1330. The first kappa shape index (κ1) is 22.9. The Morgan fingerprint density at radius 1 is 1.03 bits per heavy atom. The van der Waals surface area contributed by atoms with Crippen molar-refractivity contribution in [3.63, 3.8) is 0 Å². The van der Waals surface area contributed by atoms with Crippen LogP contribution in [0.3, 0.4) is 0 Å². The summed E-state index contributed by atoms with van der Waals surface area (Å²) in [6.07, 6.45) is 0.912. The predicted octanol–water partition coefficient (Wildman–Crippen LogP) is 6.05. The molecule has 1 heterocycles. The number of para-hydroxylation sites is 2. The number of hydrogen-bond donors (Lipinski definition) is 2. The van der Waals surface area contributed by atoms with Gasteiger partial charge in [0, 0.05) is 12.6 Å². The molecule has 1 aliphatic rings. The number of rotatable bonds is 8. The van der Waals surface area contributed by atoms with Crippen LogP contribution in [0.2, 0.25) is 0 Å². The van der Waals surface area contributed by atoms with Gasteiger partial charge in [-0.3, -0.25) is 0 Å². The molecule has 0 bridgehead atoms. The average molecular weight is 467 g/mol. The Balaban J connectivity index is 1.26. The number of aromatic carboxylic acids is 1. The van der Waals surface area contributed by atoms with Crippen molar-refractivity contribution in [3.8, 4) is 5.75 Å². The van der Waals surface area contributed by atoms with Gasteiger partial charge < -0.3 is 20.1 Å². The lowest BCUT2D eigenvalue weighted by atomic mass is 9.99. The van der Waals surface area contributed by atoms with Crippen molar-refractivity contribution < 1.29 is 14.6 Å². The van der Waals surface area contributed by atoms with Crippen molar-refractivity contribution >= 4 is 22.4 Å². The van der Waals surface area contributed by atoms with Gasteiger partial charge in [-0.25, -0.2) is 4.79 Å². The lowest BCUT2D eigenvalue weighted by Crippen LogP contribution is -2.41. The van der Waals surface area contributed by atoms with Gasteiger partial charge >= 0.3 is 5.97 Å². The molecule has 0 saturated heterocycles. The standard InChI is InChI=1S/C30H30N2O3/c1-21(26-13-7-10-23-9-2-3-12-27(23)26)31-17-16-25-20-32(28-14-4-5-15-29(28)35-25)19-22-8-6-11-24(18-22)30(33)34/h2-15,18,21,25,31H,16-17,19-20H2,1H3,(H,33,34)/t21-,25?/m1/s1. The highest BCUT2D eigenvalue weighted by atomic mass is 16.5. The molecule has 35 heavy (non-hydrogen) atoms. The molecule has 0 aromatic heterocycles. The van der Waals surface area contributed by atoms with Crippen LogP contribution in [0.4, 0.5) is 5.69 Å². The van der Waals surface area contributed by atoms with E-state index in [0.29, 0.717) is 12.1 Å². The van der Waals surface area contributed by atoms with Crippen LogP contribution in [0.1, 0.15) is 40.9 Å². The number of benzene rings is 4. The molecule has 4 aromatic rings. The number of nitrogens with one attached hydrogen (secondary N) is 1. The largest absolute Gasteiger partial charge is 0.486 e. The van der Waals surface area contributed by atoms with E-state index in [1.54, 1.807) is 18.2 Å². The zero-order chi connectivity index (χ0) is 24.2. The first-order valence-corrected chi connectivity index (χ1v) is 12.1. The zero-order valence-electron chi connectivity index (χ0n) is 19.9. The highest BCUT2D eigenvalue weighted by molar-refractivity contribution is 5.88. The molecule has 1 unspecified atom stereocenters. The summed E-state index contributed by atoms with van der Waals surface area (Å²) in [5, 5.41) is 15.6. The second kappa shape index (κ2) is 10.2. The van der Waals surface area contributed by atoms with Gasteiger partial charge in [-0.2, -0.15) is 0 Å². The van der Waals surface area contributed by atoms with Crippen LogP contribution in [-0.4, -0.2) is 30.3 Å². The predicted molar refractivity (Wildman–Crippen MR) is 140 cm³/mol. The highest BCUT2D eigenvalue weighted by Crippen LogP contribution is 2.35. The molecule has 5 heteroatoms. The number of carboxylic acid groups (broad SMARTS) is 1. The molecule has 0 fully saturated rings. The van der Waals surface area contributed by atoms with Gasteiger partial charge in [0.2, 0.25) is 0 Å². The van der Waals surface area contributed by atoms with Crippen LogP contribution in [0.5, 0.6) is 5.75 Å². The fourth-order valence-corrected chi connectivity index (χ4v) is 4.90. The fourth-order valence-electron chi connectivity index (χ4n) is 4.90. The average Bonchev–Trinajstić information content (AvgIpc) is 2.88. The zero-order valence-corrected chi connectivity index (χ0v) is 19.9. The van der Waals surface area contributed by atoms with Gasteiger partial charge in [-0.1, -0.05) is 66.7 Å². The number of hydrogen-bond acceptors (Lipinski definition) is 4. The van der Waals surface area contributed by atoms with Crippen LogP contribution < -0.4 is 15.0 Å². The molecule has 0 aliphatic carbocycles. The fraction of sp³-hybridized carbons (Fsp3) is 0.233. The summed E-state index contributed by atoms with van der Waals surface area (Å²) in [5.41, 5.74) is 3.63. The Kier molecular flexibility index (Phi) is 6.68. The molecular formula is C30H30N2O3. The van der Waals surface area contributed by atoms with E-state index in [2.05, 4.69) is 65.7 Å². The minimum absolute atomic E-state index is 0.0415. The normalized spacial score (nSPS) is 15.9. The maximum absolute atomic E-state index is 11.4. The third-order valence-electron chi connectivity index (χ3n) is 6.68. The van der Waals surface area contributed by atoms with Gasteiger partial charge in [0.1, 0.15) is 11.9 Å². The van der Waals surface area contributed by atoms with Crippen LogP contribution in [-0.2, 0) is 6.54 Å². The van der Waals surface area contributed by atoms with E-state index in [9.17, 15) is 9.90 Å². The van der Waals surface area contributed by atoms with E-state index in [4.69, 9.17) is 4.74 Å². The molecule has 0 radical (unpaired) electrons. The molecule has 5 nitrogen and oxygen atoms in total. The number of ether oxygens (including phenoxy) is 1. The third kappa shape index (κ3) is 5.15. The molecule has 178 valence electrons. The summed E-state index contributed by atoms with van der Waals surface area (Å²) < 4.78 is 6.34. The van der Waals surface area contributed by atoms with E-state index in [-0.39, 0.29) is 12.1 Å². The lowest BCUT2D eigenvalue weighted by molar-refractivity contribution is 0.0696. The van der Waals surface area contributed by atoms with E-state index in [0.717, 1.165) is 36.5 Å². The maximum atomic E-state index is 11.4. The summed E-state index contributed by atoms with van der Waals surface area (Å²) in [6, 6.07) is 30.4. The van der Waals surface area contributed by atoms with Crippen molar-refractivity contribution in [2.24, 2.45) is 0 Å². The smallest absolute Gasteiger partial charge is 0.335 e. The van der Waals surface area contributed by atoms with Crippen molar-refractivity contribution in [3.05, 3.63) is 108 Å². The van der Waals surface area contributed by atoms with Crippen LogP contribution >= 0.6 is 0 Å². The SMILES string of the molecule is C[C@@H](NCCC1CN(Cc2cccc(C(=O)O)c2)c2ccccc2O1)c1cccc2ccccc12. The molecule has 1 aliphatic heterocycles. The first-order valence-electron chi connectivity index (χ1n) is 12.1. The summed E-state index contributed by atoms with van der Waals surface area (Å²) >= 11 is 0. The van der Waals surface area contributed by atoms with Gasteiger partial charge in [-0.15, -0.1) is 0 Å². The van der Waals surface area contributed by atoms with Crippen molar-refractivity contribution in [2.75, 3.05) is 18.0 Å². The van der Waals surface area contributed by atoms with Crippen molar-refractivity contribution in [1.82, 2.24) is 5.32 Å². The van der Waals surface area contributed by atoms with Gasteiger partial charge in [0.25, 0.3) is 0 Å². The second-order valence-corrected chi connectivity index (χ2v) is 9.13. The summed E-state index contributed by atoms with van der Waals surface area (Å²) in [4.78, 5) is 13.7. The second-order valence-electron chi connectivity index (χ2n) is 9.13. The molecule has 2 atom stereocenters. The molecule has 2 N–H and O–H groups in total. The number of carboxylic acids is 1.